The maximum Gasteiger partial charge on any atom is 0.269 e. The SMILES string of the molecule is CCCCCCCC[C@H]1C=CC(=O)[C@@H]1[C@@H](O)c1ccc([N+](=O)[O-])cc1. The fraction of sp³-hybridized carbons (Fsp3) is 0.550. The highest BCUT2D eigenvalue weighted by atomic mass is 16.6. The van der Waals surface area contributed by atoms with Gasteiger partial charge in [-0.05, 0) is 36.1 Å². The third-order valence-corrected chi connectivity index (χ3v) is 4.97. The third-order valence-electron chi connectivity index (χ3n) is 4.97. The summed E-state index contributed by atoms with van der Waals surface area (Å²) in [5.41, 5.74) is 0.538. The molecule has 0 unspecified atom stereocenters. The molecular formula is C20H27NO4. The number of benzene rings is 1. The molecule has 2 rings (SSSR count). The van der Waals surface area contributed by atoms with Crippen LogP contribution in [0.1, 0.15) is 63.5 Å². The highest BCUT2D eigenvalue weighted by Gasteiger charge is 2.36. The molecule has 0 fully saturated rings. The van der Waals surface area contributed by atoms with Gasteiger partial charge in [-0.3, -0.25) is 14.9 Å². The maximum absolute atomic E-state index is 12.2. The number of nitro groups is 1. The zero-order valence-electron chi connectivity index (χ0n) is 14.8. The monoisotopic (exact) mass is 345 g/mol. The number of nitro benzene ring substituents is 1. The molecule has 3 atom stereocenters. The number of non-ortho nitro benzene ring substituents is 1. The molecule has 5 heteroatoms. The van der Waals surface area contributed by atoms with E-state index in [1.807, 2.05) is 6.08 Å². The summed E-state index contributed by atoms with van der Waals surface area (Å²) in [6.45, 7) is 2.19. The van der Waals surface area contributed by atoms with Gasteiger partial charge in [0.2, 0.25) is 0 Å². The Morgan fingerprint density at radius 2 is 1.76 bits per heavy atom. The van der Waals surface area contributed by atoms with Gasteiger partial charge in [0.15, 0.2) is 5.78 Å². The van der Waals surface area contributed by atoms with Gasteiger partial charge >= 0.3 is 0 Å². The minimum Gasteiger partial charge on any atom is -0.388 e. The number of nitrogens with zero attached hydrogens (tertiary/aromatic N) is 1. The molecule has 1 aliphatic rings. The Kier molecular flexibility index (Phi) is 7.31. The molecular weight excluding hydrogens is 318 g/mol. The second-order valence-corrected chi connectivity index (χ2v) is 6.80. The van der Waals surface area contributed by atoms with Crippen molar-refractivity contribution in [2.45, 2.75) is 58.0 Å². The van der Waals surface area contributed by atoms with Crippen LogP contribution in [0.15, 0.2) is 36.4 Å². The van der Waals surface area contributed by atoms with Crippen LogP contribution in [-0.4, -0.2) is 15.8 Å². The molecule has 1 N–H and O–H groups in total. The van der Waals surface area contributed by atoms with Gasteiger partial charge in [-0.15, -0.1) is 0 Å². The minimum absolute atomic E-state index is 0.0181. The normalized spacial score (nSPS) is 20.8. The number of hydrogen-bond donors (Lipinski definition) is 1. The van der Waals surface area contributed by atoms with E-state index < -0.39 is 16.9 Å². The standard InChI is InChI=1S/C20H27NO4/c1-2-3-4-5-6-7-8-15-11-14-18(22)19(15)20(23)16-9-12-17(13-10-16)21(24)25/h9-15,19-20,23H,2-8H2,1H3/t15-,19+,20-/m0/s1. The lowest BCUT2D eigenvalue weighted by molar-refractivity contribution is -0.384. The van der Waals surface area contributed by atoms with Crippen LogP contribution in [0.2, 0.25) is 0 Å². The molecule has 0 spiro atoms. The van der Waals surface area contributed by atoms with Crippen molar-refractivity contribution in [3.8, 4) is 0 Å². The number of allylic oxidation sites excluding steroid dienone is 2. The number of carbonyl (C=O) groups is 1. The average Bonchev–Trinajstić information content (AvgIpc) is 2.98. The van der Waals surface area contributed by atoms with Crippen molar-refractivity contribution in [3.63, 3.8) is 0 Å². The van der Waals surface area contributed by atoms with Crippen molar-refractivity contribution in [2.75, 3.05) is 0 Å². The zero-order valence-corrected chi connectivity index (χ0v) is 14.8. The molecule has 0 saturated heterocycles. The molecule has 0 saturated carbocycles. The largest absolute Gasteiger partial charge is 0.388 e. The Hall–Kier alpha value is -2.01. The van der Waals surface area contributed by atoms with Crippen LogP contribution in [0.25, 0.3) is 0 Å². The van der Waals surface area contributed by atoms with Crippen LogP contribution in [0.5, 0.6) is 0 Å². The van der Waals surface area contributed by atoms with E-state index in [0.717, 1.165) is 19.3 Å². The Labute approximate surface area is 148 Å². The topological polar surface area (TPSA) is 80.4 Å². The molecule has 1 aromatic rings. The van der Waals surface area contributed by atoms with E-state index in [-0.39, 0.29) is 17.4 Å². The van der Waals surface area contributed by atoms with Crippen molar-refractivity contribution in [1.82, 2.24) is 0 Å². The summed E-state index contributed by atoms with van der Waals surface area (Å²) in [7, 11) is 0. The second kappa shape index (κ2) is 9.47. The molecule has 5 nitrogen and oxygen atoms in total. The smallest absolute Gasteiger partial charge is 0.269 e. The van der Waals surface area contributed by atoms with Crippen LogP contribution in [-0.2, 0) is 4.79 Å². The van der Waals surface area contributed by atoms with E-state index in [9.17, 15) is 20.0 Å². The lowest BCUT2D eigenvalue weighted by atomic mass is 9.83. The number of carbonyl (C=O) groups excluding carboxylic acids is 1. The van der Waals surface area contributed by atoms with Crippen LogP contribution in [0, 0.1) is 22.0 Å². The molecule has 0 aliphatic heterocycles. The van der Waals surface area contributed by atoms with E-state index in [4.69, 9.17) is 0 Å². The number of hydrogen-bond acceptors (Lipinski definition) is 4. The average molecular weight is 345 g/mol. The van der Waals surface area contributed by atoms with Crippen molar-refractivity contribution in [2.24, 2.45) is 11.8 Å². The van der Waals surface area contributed by atoms with Crippen molar-refractivity contribution >= 4 is 11.5 Å². The van der Waals surface area contributed by atoms with Gasteiger partial charge < -0.3 is 5.11 Å². The Bertz CT molecular complexity index is 609. The molecule has 0 amide bonds. The summed E-state index contributed by atoms with van der Waals surface area (Å²) in [5.74, 6) is -0.484. The van der Waals surface area contributed by atoms with Gasteiger partial charge in [0.1, 0.15) is 0 Å². The third kappa shape index (κ3) is 5.23. The molecule has 25 heavy (non-hydrogen) atoms. The van der Waals surface area contributed by atoms with E-state index in [1.165, 1.54) is 49.9 Å². The predicted molar refractivity (Wildman–Crippen MR) is 97.2 cm³/mol. The molecule has 1 aliphatic carbocycles. The first-order valence-electron chi connectivity index (χ1n) is 9.19. The summed E-state index contributed by atoms with van der Waals surface area (Å²) in [6.07, 6.45) is 10.6. The fourth-order valence-corrected chi connectivity index (χ4v) is 3.49. The van der Waals surface area contributed by atoms with Crippen LogP contribution in [0.4, 0.5) is 5.69 Å². The molecule has 1 aromatic carbocycles. The van der Waals surface area contributed by atoms with Gasteiger partial charge in [0.25, 0.3) is 5.69 Å². The first-order valence-corrected chi connectivity index (χ1v) is 9.19. The minimum atomic E-state index is -0.923. The Balaban J connectivity index is 1.93. The van der Waals surface area contributed by atoms with Gasteiger partial charge in [0, 0.05) is 12.1 Å². The molecule has 0 aromatic heterocycles. The van der Waals surface area contributed by atoms with Crippen LogP contribution in [0.3, 0.4) is 0 Å². The molecule has 0 radical (unpaired) electrons. The van der Waals surface area contributed by atoms with Gasteiger partial charge in [-0.25, -0.2) is 0 Å². The Morgan fingerprint density at radius 1 is 1.12 bits per heavy atom. The van der Waals surface area contributed by atoms with Crippen LogP contribution >= 0.6 is 0 Å². The number of rotatable bonds is 10. The first-order chi connectivity index (χ1) is 12.0. The van der Waals surface area contributed by atoms with Gasteiger partial charge in [-0.1, -0.05) is 51.5 Å². The highest BCUT2D eigenvalue weighted by Crippen LogP contribution is 2.37. The fourth-order valence-electron chi connectivity index (χ4n) is 3.49. The molecule has 136 valence electrons. The molecule has 0 bridgehead atoms. The summed E-state index contributed by atoms with van der Waals surface area (Å²) in [5, 5.41) is 21.4. The Morgan fingerprint density at radius 3 is 2.40 bits per heavy atom. The lowest BCUT2D eigenvalue weighted by Gasteiger charge is -2.24. The summed E-state index contributed by atoms with van der Waals surface area (Å²) in [4.78, 5) is 22.5. The molecule has 0 heterocycles. The van der Waals surface area contributed by atoms with E-state index >= 15 is 0 Å². The van der Waals surface area contributed by atoms with Crippen molar-refractivity contribution in [3.05, 3.63) is 52.1 Å². The first kappa shape index (κ1) is 19.3. The highest BCUT2D eigenvalue weighted by molar-refractivity contribution is 5.95. The zero-order chi connectivity index (χ0) is 18.2. The number of ketones is 1. The maximum atomic E-state index is 12.2. The quantitative estimate of drug-likeness (QED) is 0.377. The number of unbranched alkanes of at least 4 members (excludes halogenated alkanes) is 5. The second-order valence-electron chi connectivity index (χ2n) is 6.80. The van der Waals surface area contributed by atoms with Crippen LogP contribution < -0.4 is 0 Å². The van der Waals surface area contributed by atoms with E-state index in [1.54, 1.807) is 6.08 Å². The number of aliphatic hydroxyl groups is 1. The van der Waals surface area contributed by atoms with E-state index in [0.29, 0.717) is 5.56 Å². The van der Waals surface area contributed by atoms with Crippen molar-refractivity contribution in [1.29, 1.82) is 0 Å². The van der Waals surface area contributed by atoms with Gasteiger partial charge in [0.05, 0.1) is 16.9 Å². The summed E-state index contributed by atoms with van der Waals surface area (Å²) < 4.78 is 0. The van der Waals surface area contributed by atoms with Gasteiger partial charge in [-0.2, -0.15) is 0 Å². The summed E-state index contributed by atoms with van der Waals surface area (Å²) in [6, 6.07) is 5.81. The van der Waals surface area contributed by atoms with Crippen molar-refractivity contribution < 1.29 is 14.8 Å². The lowest BCUT2D eigenvalue weighted by Crippen LogP contribution is -2.24. The predicted octanol–water partition coefficient (Wildman–Crippen LogP) is 4.75. The van der Waals surface area contributed by atoms with E-state index in [2.05, 4.69) is 6.92 Å². The number of aliphatic hydroxyl groups excluding tert-OH is 1. The summed E-state index contributed by atoms with van der Waals surface area (Å²) >= 11 is 0.